The molecule has 0 unspecified atom stereocenters. The highest BCUT2D eigenvalue weighted by molar-refractivity contribution is 5.96. The number of carbonyl (C=O) groups is 4. The zero-order chi connectivity index (χ0) is 25.9. The van der Waals surface area contributed by atoms with Crippen LogP contribution in [-0.2, 0) is 14.3 Å². The molecule has 196 valence electrons. The molecule has 3 atom stereocenters. The zero-order valence-corrected chi connectivity index (χ0v) is 20.5. The van der Waals surface area contributed by atoms with Crippen LogP contribution in [0.2, 0.25) is 0 Å². The van der Waals surface area contributed by atoms with Crippen molar-refractivity contribution in [3.8, 4) is 0 Å². The number of rotatable bonds is 4. The normalized spacial score (nSPS) is 27.0. The number of piperidine rings is 2. The molecule has 1 aromatic carbocycles. The van der Waals surface area contributed by atoms with Gasteiger partial charge < -0.3 is 19.6 Å². The van der Waals surface area contributed by atoms with Crippen LogP contribution in [0, 0.1) is 5.92 Å². The van der Waals surface area contributed by atoms with Crippen LogP contribution in [0.4, 0.5) is 9.59 Å². The van der Waals surface area contributed by atoms with Crippen LogP contribution in [0.3, 0.4) is 0 Å². The summed E-state index contributed by atoms with van der Waals surface area (Å²) in [6, 6.07) is 10.0. The highest BCUT2D eigenvalue weighted by Gasteiger charge is 2.58. The minimum Gasteiger partial charge on any atom is -0.465 e. The SMILES string of the molecule is C[C@@]1(C(=O)N2CCC(c3ccccc3)CC2)[C@@H](C(=O)NO)C[C@H](OC(=O)N2CCCC2)CN1C(=O)O. The van der Waals surface area contributed by atoms with Gasteiger partial charge in [0.25, 0.3) is 0 Å². The van der Waals surface area contributed by atoms with Gasteiger partial charge in [0, 0.05) is 32.6 Å². The number of hydrogen-bond donors (Lipinski definition) is 3. The van der Waals surface area contributed by atoms with Crippen molar-refractivity contribution in [3.63, 3.8) is 0 Å². The molecule has 3 aliphatic rings. The molecule has 0 saturated carbocycles. The van der Waals surface area contributed by atoms with E-state index in [-0.39, 0.29) is 18.9 Å². The number of carboxylic acid groups (broad SMARTS) is 1. The number of carbonyl (C=O) groups excluding carboxylic acids is 3. The van der Waals surface area contributed by atoms with E-state index in [0.29, 0.717) is 39.0 Å². The smallest absolute Gasteiger partial charge is 0.410 e. The van der Waals surface area contributed by atoms with Crippen molar-refractivity contribution < 1.29 is 34.2 Å². The molecule has 0 aliphatic carbocycles. The highest BCUT2D eigenvalue weighted by atomic mass is 16.6. The Morgan fingerprint density at radius 2 is 1.64 bits per heavy atom. The second kappa shape index (κ2) is 10.7. The minimum atomic E-state index is -1.77. The maximum absolute atomic E-state index is 13.8. The number of likely N-dealkylation sites (tertiary alicyclic amines) is 3. The first kappa shape index (κ1) is 25.7. The molecular weight excluding hydrogens is 468 g/mol. The van der Waals surface area contributed by atoms with E-state index in [2.05, 4.69) is 12.1 Å². The number of nitrogens with zero attached hydrogens (tertiary/aromatic N) is 3. The summed E-state index contributed by atoms with van der Waals surface area (Å²) in [5.41, 5.74) is 1.01. The fourth-order valence-electron chi connectivity index (χ4n) is 5.79. The van der Waals surface area contributed by atoms with Crippen molar-refractivity contribution in [2.24, 2.45) is 5.92 Å². The predicted molar refractivity (Wildman–Crippen MR) is 127 cm³/mol. The van der Waals surface area contributed by atoms with E-state index in [9.17, 15) is 29.5 Å². The second-order valence-electron chi connectivity index (χ2n) is 9.98. The Labute approximate surface area is 209 Å². The first-order valence-electron chi connectivity index (χ1n) is 12.5. The summed E-state index contributed by atoms with van der Waals surface area (Å²) in [4.78, 5) is 55.5. The van der Waals surface area contributed by atoms with Crippen LogP contribution < -0.4 is 5.48 Å². The van der Waals surface area contributed by atoms with E-state index >= 15 is 0 Å². The molecule has 36 heavy (non-hydrogen) atoms. The summed E-state index contributed by atoms with van der Waals surface area (Å²) in [6.45, 7) is 3.14. The van der Waals surface area contributed by atoms with E-state index in [1.54, 1.807) is 15.3 Å². The standard InChI is InChI=1S/C25H34N4O7/c1-25(22(31)27-13-9-18(10-14-27)17-7-3-2-4-8-17)20(21(30)26-35)15-19(16-29(25)23(32)33)36-24(34)28-11-5-6-12-28/h2-4,7-8,18-20,35H,5-6,9-16H2,1H3,(H,26,30)(H,32,33)/t19-,20+,25-/m0/s1. The first-order valence-corrected chi connectivity index (χ1v) is 12.5. The lowest BCUT2D eigenvalue weighted by Gasteiger charge is -2.50. The van der Waals surface area contributed by atoms with Gasteiger partial charge in [0.1, 0.15) is 11.6 Å². The molecule has 3 aliphatic heterocycles. The summed E-state index contributed by atoms with van der Waals surface area (Å²) in [6.07, 6.45) is 0.178. The minimum absolute atomic E-state index is 0.0848. The number of ether oxygens (including phenoxy) is 1. The van der Waals surface area contributed by atoms with Crippen molar-refractivity contribution in [1.82, 2.24) is 20.2 Å². The summed E-state index contributed by atoms with van der Waals surface area (Å²) >= 11 is 0. The molecule has 3 N–H and O–H groups in total. The van der Waals surface area contributed by atoms with Gasteiger partial charge in [-0.1, -0.05) is 30.3 Å². The van der Waals surface area contributed by atoms with Crippen molar-refractivity contribution >= 4 is 24.0 Å². The fourth-order valence-corrected chi connectivity index (χ4v) is 5.79. The fraction of sp³-hybridized carbons (Fsp3) is 0.600. The first-order chi connectivity index (χ1) is 17.3. The summed E-state index contributed by atoms with van der Waals surface area (Å²) in [7, 11) is 0. The lowest BCUT2D eigenvalue weighted by molar-refractivity contribution is -0.162. The third-order valence-electron chi connectivity index (χ3n) is 7.90. The van der Waals surface area contributed by atoms with Crippen LogP contribution in [0.25, 0.3) is 0 Å². The van der Waals surface area contributed by atoms with Crippen LogP contribution in [0.5, 0.6) is 0 Å². The molecule has 11 nitrogen and oxygen atoms in total. The van der Waals surface area contributed by atoms with E-state index in [1.165, 1.54) is 12.5 Å². The Hall–Kier alpha value is -3.34. The maximum atomic E-state index is 13.8. The Morgan fingerprint density at radius 1 is 1.00 bits per heavy atom. The Kier molecular flexibility index (Phi) is 7.67. The van der Waals surface area contributed by atoms with Gasteiger partial charge in [0.05, 0.1) is 12.5 Å². The third-order valence-corrected chi connectivity index (χ3v) is 7.90. The van der Waals surface area contributed by atoms with Crippen LogP contribution >= 0.6 is 0 Å². The van der Waals surface area contributed by atoms with Crippen LogP contribution in [0.15, 0.2) is 30.3 Å². The van der Waals surface area contributed by atoms with Gasteiger partial charge >= 0.3 is 12.2 Å². The topological polar surface area (TPSA) is 140 Å². The largest absolute Gasteiger partial charge is 0.465 e. The van der Waals surface area contributed by atoms with E-state index in [1.807, 2.05) is 18.2 Å². The van der Waals surface area contributed by atoms with Crippen molar-refractivity contribution in [2.45, 2.75) is 56.6 Å². The van der Waals surface area contributed by atoms with Crippen molar-refractivity contribution in [2.75, 3.05) is 32.7 Å². The molecule has 0 radical (unpaired) electrons. The number of benzene rings is 1. The van der Waals surface area contributed by atoms with E-state index in [4.69, 9.17) is 4.74 Å². The molecule has 4 amide bonds. The summed E-state index contributed by atoms with van der Waals surface area (Å²) in [5, 5.41) is 19.5. The molecule has 3 heterocycles. The number of hydroxylamine groups is 1. The van der Waals surface area contributed by atoms with E-state index < -0.39 is 41.6 Å². The summed E-state index contributed by atoms with van der Waals surface area (Å²) in [5.74, 6) is -2.34. The zero-order valence-electron chi connectivity index (χ0n) is 20.5. The quantitative estimate of drug-likeness (QED) is 0.424. The molecule has 0 spiro atoms. The number of hydrogen-bond acceptors (Lipinski definition) is 6. The Bertz CT molecular complexity index is 976. The highest BCUT2D eigenvalue weighted by Crippen LogP contribution is 2.39. The van der Waals surface area contributed by atoms with Gasteiger partial charge in [-0.3, -0.25) is 19.7 Å². The average Bonchev–Trinajstić information content (AvgIpc) is 3.44. The number of amides is 4. The second-order valence-corrected chi connectivity index (χ2v) is 9.98. The maximum Gasteiger partial charge on any atom is 0.410 e. The average molecular weight is 503 g/mol. The molecule has 11 heteroatoms. The molecule has 4 rings (SSSR count). The van der Waals surface area contributed by atoms with Crippen molar-refractivity contribution in [1.29, 1.82) is 0 Å². The molecule has 1 aromatic rings. The van der Waals surface area contributed by atoms with Gasteiger partial charge in [-0.2, -0.15) is 0 Å². The van der Waals surface area contributed by atoms with Gasteiger partial charge in [0.15, 0.2) is 0 Å². The molecule has 3 saturated heterocycles. The lowest BCUT2D eigenvalue weighted by atomic mass is 9.74. The molecule has 3 fully saturated rings. The predicted octanol–water partition coefficient (Wildman–Crippen LogP) is 2.26. The Morgan fingerprint density at radius 3 is 2.22 bits per heavy atom. The molecular formula is C25H34N4O7. The lowest BCUT2D eigenvalue weighted by Crippen LogP contribution is -2.70. The van der Waals surface area contributed by atoms with Crippen LogP contribution in [0.1, 0.15) is 50.5 Å². The van der Waals surface area contributed by atoms with Crippen molar-refractivity contribution in [3.05, 3.63) is 35.9 Å². The van der Waals surface area contributed by atoms with Gasteiger partial charge in [-0.15, -0.1) is 0 Å². The third kappa shape index (κ3) is 4.97. The van der Waals surface area contributed by atoms with Gasteiger partial charge in [-0.25, -0.2) is 15.1 Å². The molecule has 0 aromatic heterocycles. The Balaban J connectivity index is 1.53. The molecule has 0 bridgehead atoms. The van der Waals surface area contributed by atoms with E-state index in [0.717, 1.165) is 17.7 Å². The number of nitrogens with one attached hydrogen (secondary N) is 1. The van der Waals surface area contributed by atoms with Gasteiger partial charge in [-0.05, 0) is 44.1 Å². The van der Waals surface area contributed by atoms with Crippen LogP contribution in [-0.4, -0.2) is 93.4 Å². The summed E-state index contributed by atoms with van der Waals surface area (Å²) < 4.78 is 5.56. The van der Waals surface area contributed by atoms with Gasteiger partial charge in [0.2, 0.25) is 11.8 Å². The monoisotopic (exact) mass is 502 g/mol.